The summed E-state index contributed by atoms with van der Waals surface area (Å²) >= 11 is 0. The first-order valence-electron chi connectivity index (χ1n) is 10.8. The molecule has 160 valence electrons. The summed E-state index contributed by atoms with van der Waals surface area (Å²) in [5.74, 6) is 0.343. The van der Waals surface area contributed by atoms with Crippen LogP contribution >= 0.6 is 0 Å². The number of nitrogens with one attached hydrogen (secondary N) is 2. The van der Waals surface area contributed by atoms with E-state index in [0.717, 1.165) is 39.4 Å². The molecule has 0 bridgehead atoms. The lowest BCUT2D eigenvalue weighted by atomic mass is 10.2. The van der Waals surface area contributed by atoms with Gasteiger partial charge in [-0.3, -0.25) is 0 Å². The highest BCUT2D eigenvalue weighted by atomic mass is 15.4. The van der Waals surface area contributed by atoms with E-state index in [-0.39, 0.29) is 0 Å². The first-order chi connectivity index (χ1) is 16.2. The van der Waals surface area contributed by atoms with Crippen molar-refractivity contribution in [2.75, 3.05) is 5.43 Å². The number of benzene rings is 3. The monoisotopic (exact) mass is 431 g/mol. The maximum absolute atomic E-state index is 4.54. The maximum atomic E-state index is 4.54. The summed E-state index contributed by atoms with van der Waals surface area (Å²) < 4.78 is 2.24. The van der Waals surface area contributed by atoms with Gasteiger partial charge in [0.25, 0.3) is 5.95 Å². The van der Waals surface area contributed by atoms with Gasteiger partial charge in [-0.25, -0.2) is 5.43 Å². The van der Waals surface area contributed by atoms with Crippen LogP contribution in [-0.2, 0) is 6.54 Å². The summed E-state index contributed by atoms with van der Waals surface area (Å²) in [5.41, 5.74) is 9.95. The van der Waals surface area contributed by atoms with Crippen molar-refractivity contribution in [1.29, 1.82) is 0 Å². The minimum Gasteiger partial charge on any atom is -0.342 e. The smallest absolute Gasteiger partial charge is 0.265 e. The Morgan fingerprint density at radius 3 is 2.73 bits per heavy atom. The van der Waals surface area contributed by atoms with Gasteiger partial charge in [0.05, 0.1) is 6.21 Å². The van der Waals surface area contributed by atoms with Crippen LogP contribution < -0.4 is 5.43 Å². The van der Waals surface area contributed by atoms with E-state index in [9.17, 15) is 0 Å². The molecule has 7 heteroatoms. The highest BCUT2D eigenvalue weighted by molar-refractivity contribution is 6.03. The Kier molecular flexibility index (Phi) is 4.58. The summed E-state index contributed by atoms with van der Waals surface area (Å²) in [6.07, 6.45) is 3.91. The topological polar surface area (TPSA) is 83.8 Å². The lowest BCUT2D eigenvalue weighted by Crippen LogP contribution is -1.99. The lowest BCUT2D eigenvalue weighted by molar-refractivity contribution is 0.836. The number of nitrogens with zero attached hydrogens (tertiary/aromatic N) is 5. The number of rotatable bonds is 5. The number of para-hydroxylation sites is 1. The van der Waals surface area contributed by atoms with Gasteiger partial charge in [0.15, 0.2) is 5.65 Å². The van der Waals surface area contributed by atoms with E-state index in [1.807, 2.05) is 18.2 Å². The molecule has 0 aliphatic rings. The summed E-state index contributed by atoms with van der Waals surface area (Å²) in [6, 6.07) is 24.9. The molecule has 0 aliphatic carbocycles. The zero-order chi connectivity index (χ0) is 22.2. The summed E-state index contributed by atoms with van der Waals surface area (Å²) in [4.78, 5) is 7.83. The summed E-state index contributed by atoms with van der Waals surface area (Å²) in [7, 11) is 0. The van der Waals surface area contributed by atoms with E-state index in [0.29, 0.717) is 11.6 Å². The minimum absolute atomic E-state index is 0.343. The molecule has 0 atom stereocenters. The van der Waals surface area contributed by atoms with Gasteiger partial charge < -0.3 is 9.55 Å². The number of H-pyrrole nitrogens is 1. The average Bonchev–Trinajstić information content (AvgIpc) is 3.37. The van der Waals surface area contributed by atoms with Gasteiger partial charge in [-0.2, -0.15) is 10.1 Å². The molecular formula is C26H21N7. The van der Waals surface area contributed by atoms with Crippen LogP contribution in [0.2, 0.25) is 0 Å². The minimum atomic E-state index is 0.343. The highest BCUT2D eigenvalue weighted by Crippen LogP contribution is 2.24. The van der Waals surface area contributed by atoms with E-state index in [4.69, 9.17) is 0 Å². The predicted octanol–water partition coefficient (Wildman–Crippen LogP) is 5.26. The third-order valence-electron chi connectivity index (χ3n) is 5.75. The van der Waals surface area contributed by atoms with Crippen LogP contribution in [0.25, 0.3) is 33.0 Å². The molecule has 0 radical (unpaired) electrons. The van der Waals surface area contributed by atoms with Gasteiger partial charge in [0.1, 0.15) is 5.52 Å². The van der Waals surface area contributed by atoms with Gasteiger partial charge in [-0.15, -0.1) is 10.2 Å². The van der Waals surface area contributed by atoms with Crippen LogP contribution in [0, 0.1) is 6.92 Å². The molecule has 3 aromatic carbocycles. The van der Waals surface area contributed by atoms with Crippen LogP contribution in [0.15, 0.2) is 84.1 Å². The fraction of sp³-hybridized carbons (Fsp3) is 0.0769. The molecule has 3 heterocycles. The second kappa shape index (κ2) is 7.87. The van der Waals surface area contributed by atoms with Crippen LogP contribution in [0.3, 0.4) is 0 Å². The molecule has 6 rings (SSSR count). The third-order valence-corrected chi connectivity index (χ3v) is 5.75. The van der Waals surface area contributed by atoms with Crippen molar-refractivity contribution in [3.8, 4) is 0 Å². The summed E-state index contributed by atoms with van der Waals surface area (Å²) in [6.45, 7) is 2.85. The fourth-order valence-electron chi connectivity index (χ4n) is 4.18. The lowest BCUT2D eigenvalue weighted by Gasteiger charge is -2.05. The van der Waals surface area contributed by atoms with Crippen molar-refractivity contribution in [2.45, 2.75) is 13.5 Å². The number of aromatic nitrogens is 5. The van der Waals surface area contributed by atoms with E-state index in [1.165, 1.54) is 11.1 Å². The number of aromatic amines is 1. The van der Waals surface area contributed by atoms with E-state index in [1.54, 1.807) is 6.21 Å². The Balaban J connectivity index is 1.28. The Hall–Kier alpha value is -4.52. The molecule has 3 aromatic heterocycles. The van der Waals surface area contributed by atoms with E-state index in [2.05, 4.69) is 103 Å². The standard InChI is InChI=1S/C26H21N7/c1-17-11-12-22-21(13-17)24-25(28-22)29-26(32-30-24)31-27-14-19-16-33(15-18-7-3-2-4-8-18)23-10-6-5-9-20(19)23/h2-14,16H,15H2,1H3,(H2,28,29,31,32)/b27-14+. The van der Waals surface area contributed by atoms with Crippen LogP contribution in [0.1, 0.15) is 16.7 Å². The number of hydrogen-bond donors (Lipinski definition) is 2. The quantitative estimate of drug-likeness (QED) is 0.288. The molecule has 0 spiro atoms. The van der Waals surface area contributed by atoms with Crippen molar-refractivity contribution >= 4 is 45.1 Å². The third kappa shape index (κ3) is 3.59. The molecular weight excluding hydrogens is 410 g/mol. The zero-order valence-electron chi connectivity index (χ0n) is 18.0. The molecule has 33 heavy (non-hydrogen) atoms. The van der Waals surface area contributed by atoms with Crippen molar-refractivity contribution in [1.82, 2.24) is 24.7 Å². The average molecular weight is 432 g/mol. The number of fused-ring (bicyclic) bond motifs is 4. The zero-order valence-corrected chi connectivity index (χ0v) is 18.0. The Bertz CT molecular complexity index is 1630. The van der Waals surface area contributed by atoms with Crippen molar-refractivity contribution < 1.29 is 0 Å². The SMILES string of the molecule is Cc1ccc2[nH]c3nc(N/N=C/c4cn(Cc5ccccc5)c5ccccc45)nnc3c2c1. The molecule has 0 amide bonds. The molecule has 0 saturated heterocycles. The number of hydrazone groups is 1. The van der Waals surface area contributed by atoms with Gasteiger partial charge in [0.2, 0.25) is 0 Å². The molecule has 0 fully saturated rings. The Morgan fingerprint density at radius 1 is 0.970 bits per heavy atom. The molecule has 0 saturated carbocycles. The first kappa shape index (κ1) is 19.2. The molecule has 6 aromatic rings. The molecule has 0 unspecified atom stereocenters. The largest absolute Gasteiger partial charge is 0.342 e. The van der Waals surface area contributed by atoms with Crippen LogP contribution in [0.4, 0.5) is 5.95 Å². The highest BCUT2D eigenvalue weighted by Gasteiger charge is 2.10. The van der Waals surface area contributed by atoms with Gasteiger partial charge in [0, 0.05) is 40.1 Å². The van der Waals surface area contributed by atoms with Crippen molar-refractivity contribution in [3.05, 3.63) is 95.7 Å². The fourth-order valence-corrected chi connectivity index (χ4v) is 4.18. The first-order valence-corrected chi connectivity index (χ1v) is 10.8. The van der Waals surface area contributed by atoms with E-state index < -0.39 is 0 Å². The van der Waals surface area contributed by atoms with Crippen LogP contribution in [-0.4, -0.2) is 30.9 Å². The second-order valence-electron chi connectivity index (χ2n) is 8.09. The Morgan fingerprint density at radius 2 is 1.82 bits per heavy atom. The van der Waals surface area contributed by atoms with Gasteiger partial charge in [-0.05, 0) is 30.7 Å². The molecule has 2 N–H and O–H groups in total. The van der Waals surface area contributed by atoms with E-state index >= 15 is 0 Å². The molecule has 0 aliphatic heterocycles. The second-order valence-corrected chi connectivity index (χ2v) is 8.09. The molecule has 7 nitrogen and oxygen atoms in total. The normalized spacial score (nSPS) is 11.8. The number of aryl methyl sites for hydroxylation is 1. The van der Waals surface area contributed by atoms with Crippen molar-refractivity contribution in [3.63, 3.8) is 0 Å². The maximum Gasteiger partial charge on any atom is 0.265 e. The predicted molar refractivity (Wildman–Crippen MR) is 133 cm³/mol. The number of hydrogen-bond acceptors (Lipinski definition) is 5. The summed E-state index contributed by atoms with van der Waals surface area (Å²) in [5, 5.41) is 15.1. The van der Waals surface area contributed by atoms with Gasteiger partial charge >= 0.3 is 0 Å². The van der Waals surface area contributed by atoms with Gasteiger partial charge in [-0.1, -0.05) is 60.2 Å². The number of anilines is 1. The van der Waals surface area contributed by atoms with Crippen LogP contribution in [0.5, 0.6) is 0 Å². The van der Waals surface area contributed by atoms with Crippen molar-refractivity contribution in [2.24, 2.45) is 5.10 Å². The Labute approximate surface area is 189 Å².